The Hall–Kier alpha value is -0.790. The summed E-state index contributed by atoms with van der Waals surface area (Å²) in [5, 5.41) is 45.1. The summed E-state index contributed by atoms with van der Waals surface area (Å²) in [7, 11) is 0. The van der Waals surface area contributed by atoms with Gasteiger partial charge < -0.3 is 25.2 Å². The van der Waals surface area contributed by atoms with Crippen molar-refractivity contribution in [1.29, 1.82) is 0 Å². The molecular weight excluding hydrogens is 336 g/mol. The highest BCUT2D eigenvalue weighted by atomic mass is 16.6. The van der Waals surface area contributed by atoms with Crippen LogP contribution in [0.5, 0.6) is 0 Å². The molecular formula is C20H28O6. The fourth-order valence-electron chi connectivity index (χ4n) is 7.90. The molecule has 2 saturated heterocycles. The molecule has 0 aromatic carbocycles. The number of fused-ring (bicyclic) bond motifs is 2. The first-order valence-corrected chi connectivity index (χ1v) is 9.71. The van der Waals surface area contributed by atoms with E-state index in [4.69, 9.17) is 4.74 Å². The summed E-state index contributed by atoms with van der Waals surface area (Å²) in [6.45, 7) is 8.07. The molecule has 4 N–H and O–H groups in total. The molecule has 144 valence electrons. The second kappa shape index (κ2) is 4.61. The zero-order valence-electron chi connectivity index (χ0n) is 15.3. The number of rotatable bonds is 0. The van der Waals surface area contributed by atoms with E-state index in [1.165, 1.54) is 0 Å². The van der Waals surface area contributed by atoms with Crippen LogP contribution < -0.4 is 0 Å². The van der Waals surface area contributed by atoms with Gasteiger partial charge >= 0.3 is 0 Å². The lowest BCUT2D eigenvalue weighted by molar-refractivity contribution is -0.458. The van der Waals surface area contributed by atoms with Crippen LogP contribution in [0.25, 0.3) is 0 Å². The zero-order chi connectivity index (χ0) is 18.9. The number of aliphatic hydroxyl groups is 4. The number of ether oxygens (including phenoxy) is 1. The Morgan fingerprint density at radius 3 is 2.50 bits per heavy atom. The van der Waals surface area contributed by atoms with Crippen molar-refractivity contribution in [3.63, 3.8) is 0 Å². The Balaban J connectivity index is 1.81. The van der Waals surface area contributed by atoms with Gasteiger partial charge in [-0.25, -0.2) is 0 Å². The van der Waals surface area contributed by atoms with Crippen molar-refractivity contribution in [2.45, 2.75) is 63.6 Å². The Morgan fingerprint density at radius 1 is 1.12 bits per heavy atom. The van der Waals surface area contributed by atoms with Crippen LogP contribution in [0.4, 0.5) is 0 Å². The first kappa shape index (κ1) is 17.3. The van der Waals surface area contributed by atoms with Crippen LogP contribution in [0.1, 0.15) is 39.5 Å². The molecule has 26 heavy (non-hydrogen) atoms. The molecule has 6 fully saturated rings. The summed E-state index contributed by atoms with van der Waals surface area (Å²) >= 11 is 0. The van der Waals surface area contributed by atoms with Crippen molar-refractivity contribution in [2.24, 2.45) is 34.0 Å². The Labute approximate surface area is 152 Å². The van der Waals surface area contributed by atoms with Crippen LogP contribution >= 0.6 is 0 Å². The van der Waals surface area contributed by atoms with E-state index in [0.717, 1.165) is 6.42 Å². The average molecular weight is 364 g/mol. The van der Waals surface area contributed by atoms with Gasteiger partial charge in [0, 0.05) is 17.3 Å². The Bertz CT molecular complexity index is 717. The third kappa shape index (κ3) is 1.41. The number of hydrogen-bond acceptors (Lipinski definition) is 6. The van der Waals surface area contributed by atoms with Crippen molar-refractivity contribution in [2.75, 3.05) is 6.61 Å². The molecule has 4 saturated carbocycles. The monoisotopic (exact) mass is 364 g/mol. The van der Waals surface area contributed by atoms with Crippen LogP contribution in [0.2, 0.25) is 0 Å². The minimum Gasteiger partial charge on any atom is -0.392 e. The van der Waals surface area contributed by atoms with E-state index in [9.17, 15) is 25.2 Å². The van der Waals surface area contributed by atoms with E-state index in [-0.39, 0.29) is 12.0 Å². The predicted molar refractivity (Wildman–Crippen MR) is 90.7 cm³/mol. The lowest BCUT2D eigenvalue weighted by Gasteiger charge is -2.74. The Morgan fingerprint density at radius 2 is 1.81 bits per heavy atom. The molecule has 6 rings (SSSR count). The van der Waals surface area contributed by atoms with Gasteiger partial charge in [-0.15, -0.1) is 0 Å². The van der Waals surface area contributed by atoms with Crippen LogP contribution in [0.15, 0.2) is 12.2 Å². The van der Waals surface area contributed by atoms with E-state index in [1.54, 1.807) is 0 Å². The summed E-state index contributed by atoms with van der Waals surface area (Å²) in [4.78, 5) is 13.3. The highest BCUT2D eigenvalue weighted by molar-refractivity contribution is 6.05. The van der Waals surface area contributed by atoms with E-state index < -0.39 is 58.5 Å². The van der Waals surface area contributed by atoms with Gasteiger partial charge in [0.25, 0.3) is 0 Å². The minimum atomic E-state index is -2.15. The molecule has 9 atom stereocenters. The lowest BCUT2D eigenvalue weighted by atomic mass is 9.35. The highest BCUT2D eigenvalue weighted by Gasteiger charge is 2.86. The van der Waals surface area contributed by atoms with E-state index >= 15 is 0 Å². The normalized spacial score (nSPS) is 59.9. The lowest BCUT2D eigenvalue weighted by Crippen LogP contribution is -2.85. The molecule has 0 amide bonds. The van der Waals surface area contributed by atoms with E-state index in [2.05, 4.69) is 6.58 Å². The Kier molecular flexibility index (Phi) is 3.07. The van der Waals surface area contributed by atoms with Gasteiger partial charge in [0.1, 0.15) is 11.5 Å². The van der Waals surface area contributed by atoms with Crippen molar-refractivity contribution in [3.05, 3.63) is 12.2 Å². The second-order valence-electron chi connectivity index (χ2n) is 9.97. The van der Waals surface area contributed by atoms with Gasteiger partial charge in [-0.05, 0) is 42.6 Å². The predicted octanol–water partition coefficient (Wildman–Crippen LogP) is 0.376. The zero-order valence-corrected chi connectivity index (χ0v) is 15.3. The van der Waals surface area contributed by atoms with Crippen molar-refractivity contribution >= 4 is 5.78 Å². The average Bonchev–Trinajstić information content (AvgIpc) is 2.69. The maximum absolute atomic E-state index is 13.3. The summed E-state index contributed by atoms with van der Waals surface area (Å²) in [6, 6.07) is 0. The second-order valence-corrected chi connectivity index (χ2v) is 9.97. The van der Waals surface area contributed by atoms with Crippen LogP contribution in [-0.2, 0) is 9.53 Å². The SMILES string of the molecule is C=C1C(=O)[C@@]23[C@H](O)[C@H]1CC[C@@H]2[C@]12CO[C@]3(O)[C@@H](O)[C@H]1C(C)(C)CC[C@@H]2O. The first-order valence-electron chi connectivity index (χ1n) is 9.71. The number of carbonyl (C=O) groups is 1. The number of carbonyl (C=O) groups excluding carboxylic acids is 1. The van der Waals surface area contributed by atoms with Gasteiger partial charge in [-0.2, -0.15) is 0 Å². The molecule has 6 nitrogen and oxygen atoms in total. The standard InChI is InChI=1S/C20H28O6/c1-9-10-4-5-11-18-8-26-20(25,19(11,14(9)22)15(10)23)16(24)13(18)17(2,3)7-6-12(18)21/h10-13,15-16,21,23-25H,1,4-8H2,2-3H3/t10-,11+,12-,13-,15+,16-,18-,19+,20+/m0/s1. The molecule has 0 aromatic rings. The molecule has 6 aliphatic rings. The molecule has 0 aromatic heterocycles. The van der Waals surface area contributed by atoms with Gasteiger partial charge in [0.05, 0.1) is 18.8 Å². The third-order valence-electron chi connectivity index (χ3n) is 8.88. The van der Waals surface area contributed by atoms with Crippen molar-refractivity contribution in [1.82, 2.24) is 0 Å². The van der Waals surface area contributed by atoms with Gasteiger partial charge in [0.2, 0.25) is 5.79 Å². The van der Waals surface area contributed by atoms with Gasteiger partial charge in [0.15, 0.2) is 5.78 Å². The number of Topliss-reactive ketones (excluding diaryl/α,β-unsaturated/α-hetero) is 1. The van der Waals surface area contributed by atoms with Gasteiger partial charge in [-0.1, -0.05) is 20.4 Å². The number of ketones is 1. The van der Waals surface area contributed by atoms with E-state index in [0.29, 0.717) is 24.8 Å². The first-order chi connectivity index (χ1) is 12.1. The number of aliphatic hydroxyl groups excluding tert-OH is 3. The molecule has 2 heterocycles. The largest absolute Gasteiger partial charge is 0.392 e. The number of hydrogen-bond donors (Lipinski definition) is 4. The smallest absolute Gasteiger partial charge is 0.208 e. The summed E-state index contributed by atoms with van der Waals surface area (Å²) < 4.78 is 5.80. The molecule has 4 aliphatic carbocycles. The van der Waals surface area contributed by atoms with Crippen molar-refractivity contribution in [3.8, 4) is 0 Å². The quantitative estimate of drug-likeness (QED) is 0.463. The van der Waals surface area contributed by atoms with Crippen LogP contribution in [-0.4, -0.2) is 56.9 Å². The van der Waals surface area contributed by atoms with E-state index in [1.807, 2.05) is 13.8 Å². The van der Waals surface area contributed by atoms with Crippen LogP contribution in [0, 0.1) is 34.0 Å². The van der Waals surface area contributed by atoms with Gasteiger partial charge in [-0.3, -0.25) is 4.79 Å². The minimum absolute atomic E-state index is 0.0966. The molecule has 6 heteroatoms. The summed E-state index contributed by atoms with van der Waals surface area (Å²) in [5.74, 6) is -3.80. The maximum Gasteiger partial charge on any atom is 0.208 e. The summed E-state index contributed by atoms with van der Waals surface area (Å²) in [5.41, 5.74) is -2.49. The molecule has 2 aliphatic heterocycles. The molecule has 4 bridgehead atoms. The molecule has 0 radical (unpaired) electrons. The molecule has 2 spiro atoms. The third-order valence-corrected chi connectivity index (χ3v) is 8.88. The van der Waals surface area contributed by atoms with Crippen LogP contribution in [0.3, 0.4) is 0 Å². The fourth-order valence-corrected chi connectivity index (χ4v) is 7.90. The van der Waals surface area contributed by atoms with Crippen molar-refractivity contribution < 1.29 is 30.0 Å². The highest BCUT2D eigenvalue weighted by Crippen LogP contribution is 2.76. The maximum atomic E-state index is 13.3. The summed E-state index contributed by atoms with van der Waals surface area (Å²) in [6.07, 6.45) is -0.747. The topological polar surface area (TPSA) is 107 Å². The fraction of sp³-hybridized carbons (Fsp3) is 0.850. The molecule has 0 unspecified atom stereocenters.